The van der Waals surface area contributed by atoms with Crippen LogP contribution in [0.3, 0.4) is 0 Å². The molecule has 0 aromatic carbocycles. The third kappa shape index (κ3) is 4.04. The van der Waals surface area contributed by atoms with Gasteiger partial charge < -0.3 is 5.32 Å². The van der Waals surface area contributed by atoms with Crippen molar-refractivity contribution in [3.8, 4) is 0 Å². The van der Waals surface area contributed by atoms with Gasteiger partial charge in [0, 0.05) is 18.8 Å². The minimum Gasteiger partial charge on any atom is -0.317 e. The molecule has 1 N–H and O–H groups in total. The molecule has 0 aliphatic carbocycles. The van der Waals surface area contributed by atoms with Gasteiger partial charge in [0.15, 0.2) is 0 Å². The summed E-state index contributed by atoms with van der Waals surface area (Å²) in [5.41, 5.74) is 1.36. The number of aromatic nitrogens is 2. The third-order valence-electron chi connectivity index (χ3n) is 2.93. The van der Waals surface area contributed by atoms with Gasteiger partial charge >= 0.3 is 0 Å². The van der Waals surface area contributed by atoms with E-state index in [1.807, 2.05) is 17.9 Å². The lowest BCUT2D eigenvalue weighted by atomic mass is 10.1. The van der Waals surface area contributed by atoms with Crippen LogP contribution in [0.4, 0.5) is 0 Å². The molecule has 86 valence electrons. The van der Waals surface area contributed by atoms with E-state index >= 15 is 0 Å². The molecule has 0 amide bonds. The van der Waals surface area contributed by atoms with Gasteiger partial charge in [-0.25, -0.2) is 0 Å². The molecule has 0 bridgehead atoms. The van der Waals surface area contributed by atoms with Crippen molar-refractivity contribution in [1.82, 2.24) is 15.1 Å². The van der Waals surface area contributed by atoms with Gasteiger partial charge in [-0.3, -0.25) is 4.68 Å². The largest absolute Gasteiger partial charge is 0.317 e. The van der Waals surface area contributed by atoms with E-state index in [0.717, 1.165) is 13.0 Å². The van der Waals surface area contributed by atoms with Gasteiger partial charge in [-0.1, -0.05) is 6.92 Å². The van der Waals surface area contributed by atoms with Crippen LogP contribution in [0, 0.1) is 0 Å². The standard InChI is InChI=1S/C12H23N3/c1-4-12(13-3)8-6-7-11-9-14-15(5-2)10-11/h9-10,12-13H,4-8H2,1-3H3. The Kier molecular flexibility index (Phi) is 5.40. The number of nitrogens with zero attached hydrogens (tertiary/aromatic N) is 2. The first-order valence-electron chi connectivity index (χ1n) is 5.98. The van der Waals surface area contributed by atoms with Crippen molar-refractivity contribution in [2.75, 3.05) is 7.05 Å². The van der Waals surface area contributed by atoms with Gasteiger partial charge in [0.2, 0.25) is 0 Å². The van der Waals surface area contributed by atoms with E-state index in [1.54, 1.807) is 0 Å². The lowest BCUT2D eigenvalue weighted by molar-refractivity contribution is 0.492. The Labute approximate surface area is 92.9 Å². The predicted molar refractivity (Wildman–Crippen MR) is 64.0 cm³/mol. The first-order chi connectivity index (χ1) is 7.30. The molecule has 3 nitrogen and oxygen atoms in total. The topological polar surface area (TPSA) is 29.9 Å². The van der Waals surface area contributed by atoms with E-state index in [0.29, 0.717) is 6.04 Å². The van der Waals surface area contributed by atoms with Crippen molar-refractivity contribution in [3.05, 3.63) is 18.0 Å². The molecule has 0 aliphatic heterocycles. The Hall–Kier alpha value is -0.830. The second-order valence-electron chi connectivity index (χ2n) is 3.99. The van der Waals surface area contributed by atoms with Crippen LogP contribution in [0.25, 0.3) is 0 Å². The number of rotatable bonds is 7. The highest BCUT2D eigenvalue weighted by molar-refractivity contribution is 5.03. The highest BCUT2D eigenvalue weighted by Gasteiger charge is 2.03. The summed E-state index contributed by atoms with van der Waals surface area (Å²) in [5.74, 6) is 0. The molecule has 0 saturated carbocycles. The maximum atomic E-state index is 4.27. The lowest BCUT2D eigenvalue weighted by Gasteiger charge is -2.12. The van der Waals surface area contributed by atoms with Crippen LogP contribution in [-0.4, -0.2) is 22.9 Å². The van der Waals surface area contributed by atoms with E-state index < -0.39 is 0 Å². The number of aryl methyl sites for hydroxylation is 2. The van der Waals surface area contributed by atoms with Crippen LogP contribution in [-0.2, 0) is 13.0 Å². The fourth-order valence-electron chi connectivity index (χ4n) is 1.81. The van der Waals surface area contributed by atoms with Crippen LogP contribution in [0.15, 0.2) is 12.4 Å². The van der Waals surface area contributed by atoms with Gasteiger partial charge in [-0.2, -0.15) is 5.10 Å². The zero-order valence-electron chi connectivity index (χ0n) is 10.2. The Morgan fingerprint density at radius 1 is 1.47 bits per heavy atom. The molecule has 0 aliphatic rings. The van der Waals surface area contributed by atoms with Crippen molar-refractivity contribution in [2.24, 2.45) is 0 Å². The molecule has 1 aromatic rings. The number of hydrogen-bond acceptors (Lipinski definition) is 2. The number of nitrogens with one attached hydrogen (secondary N) is 1. The molecular weight excluding hydrogens is 186 g/mol. The van der Waals surface area contributed by atoms with Crippen molar-refractivity contribution in [3.63, 3.8) is 0 Å². The molecule has 0 radical (unpaired) electrons. The molecule has 1 atom stereocenters. The normalized spacial score (nSPS) is 13.0. The molecule has 0 saturated heterocycles. The van der Waals surface area contributed by atoms with E-state index in [1.165, 1.54) is 24.8 Å². The summed E-state index contributed by atoms with van der Waals surface area (Å²) in [6, 6.07) is 0.672. The minimum absolute atomic E-state index is 0.672. The van der Waals surface area contributed by atoms with Crippen molar-refractivity contribution < 1.29 is 0 Å². The van der Waals surface area contributed by atoms with Gasteiger partial charge in [0.25, 0.3) is 0 Å². The minimum atomic E-state index is 0.672. The molecule has 1 heterocycles. The summed E-state index contributed by atoms with van der Waals surface area (Å²) in [7, 11) is 2.04. The quantitative estimate of drug-likeness (QED) is 0.746. The highest BCUT2D eigenvalue weighted by Crippen LogP contribution is 2.07. The third-order valence-corrected chi connectivity index (χ3v) is 2.93. The highest BCUT2D eigenvalue weighted by atomic mass is 15.3. The average molecular weight is 209 g/mol. The molecule has 15 heavy (non-hydrogen) atoms. The SMILES string of the molecule is CCC(CCCc1cnn(CC)c1)NC. The Bertz CT molecular complexity index is 264. The fourth-order valence-corrected chi connectivity index (χ4v) is 1.81. The van der Waals surface area contributed by atoms with E-state index in [9.17, 15) is 0 Å². The second-order valence-corrected chi connectivity index (χ2v) is 3.99. The van der Waals surface area contributed by atoms with Gasteiger partial charge in [0.1, 0.15) is 0 Å². The lowest BCUT2D eigenvalue weighted by Crippen LogP contribution is -2.23. The van der Waals surface area contributed by atoms with Crippen LogP contribution in [0.2, 0.25) is 0 Å². The molecule has 1 unspecified atom stereocenters. The first kappa shape index (κ1) is 12.2. The van der Waals surface area contributed by atoms with Crippen molar-refractivity contribution in [1.29, 1.82) is 0 Å². The smallest absolute Gasteiger partial charge is 0.0521 e. The maximum absolute atomic E-state index is 4.27. The van der Waals surface area contributed by atoms with Gasteiger partial charge in [-0.15, -0.1) is 0 Å². The average Bonchev–Trinajstić information content (AvgIpc) is 2.72. The van der Waals surface area contributed by atoms with E-state index in [2.05, 4.69) is 30.5 Å². The monoisotopic (exact) mass is 209 g/mol. The first-order valence-corrected chi connectivity index (χ1v) is 5.98. The predicted octanol–water partition coefficient (Wildman–Crippen LogP) is 2.22. The molecule has 0 fully saturated rings. The fraction of sp³-hybridized carbons (Fsp3) is 0.750. The summed E-state index contributed by atoms with van der Waals surface area (Å²) in [6.07, 6.45) is 9.01. The molecular formula is C12H23N3. The molecule has 0 spiro atoms. The number of hydrogen-bond donors (Lipinski definition) is 1. The summed E-state index contributed by atoms with van der Waals surface area (Å²) >= 11 is 0. The van der Waals surface area contributed by atoms with Crippen LogP contribution < -0.4 is 5.32 Å². The second kappa shape index (κ2) is 6.62. The van der Waals surface area contributed by atoms with Gasteiger partial charge in [-0.05, 0) is 45.2 Å². The van der Waals surface area contributed by atoms with Crippen LogP contribution in [0.1, 0.15) is 38.7 Å². The maximum Gasteiger partial charge on any atom is 0.0521 e. The zero-order valence-corrected chi connectivity index (χ0v) is 10.2. The summed E-state index contributed by atoms with van der Waals surface area (Å²) < 4.78 is 1.99. The van der Waals surface area contributed by atoms with Crippen molar-refractivity contribution in [2.45, 2.75) is 52.1 Å². The summed E-state index contributed by atoms with van der Waals surface area (Å²) in [4.78, 5) is 0. The Morgan fingerprint density at radius 3 is 2.80 bits per heavy atom. The summed E-state index contributed by atoms with van der Waals surface area (Å²) in [5, 5.41) is 7.61. The van der Waals surface area contributed by atoms with E-state index in [4.69, 9.17) is 0 Å². The van der Waals surface area contributed by atoms with Crippen LogP contribution >= 0.6 is 0 Å². The molecule has 1 rings (SSSR count). The summed E-state index contributed by atoms with van der Waals surface area (Å²) in [6.45, 7) is 5.31. The molecule has 3 heteroatoms. The Morgan fingerprint density at radius 2 is 2.27 bits per heavy atom. The van der Waals surface area contributed by atoms with E-state index in [-0.39, 0.29) is 0 Å². The van der Waals surface area contributed by atoms with Crippen molar-refractivity contribution >= 4 is 0 Å². The zero-order chi connectivity index (χ0) is 11.1. The Balaban J connectivity index is 2.25. The van der Waals surface area contributed by atoms with Gasteiger partial charge in [0.05, 0.1) is 6.20 Å². The van der Waals surface area contributed by atoms with Crippen LogP contribution in [0.5, 0.6) is 0 Å². The molecule has 1 aromatic heterocycles.